The molecule has 2 heterocycles. The van der Waals surface area contributed by atoms with Crippen LogP contribution in [0.25, 0.3) is 0 Å². The van der Waals surface area contributed by atoms with E-state index in [9.17, 15) is 9.59 Å². The molecular formula is C14H20N4O2. The zero-order valence-electron chi connectivity index (χ0n) is 11.6. The second kappa shape index (κ2) is 6.88. The first-order chi connectivity index (χ1) is 9.69. The summed E-state index contributed by atoms with van der Waals surface area (Å²) in [6.07, 6.45) is 3.93. The third-order valence-electron chi connectivity index (χ3n) is 3.17. The zero-order chi connectivity index (χ0) is 14.4. The molecule has 0 bridgehead atoms. The van der Waals surface area contributed by atoms with E-state index in [1.54, 1.807) is 18.3 Å². The Morgan fingerprint density at radius 3 is 3.10 bits per heavy atom. The molecule has 1 fully saturated rings. The summed E-state index contributed by atoms with van der Waals surface area (Å²) in [6, 6.07) is 3.46. The number of anilines is 1. The average molecular weight is 276 g/mol. The zero-order valence-corrected chi connectivity index (χ0v) is 11.6. The van der Waals surface area contributed by atoms with Gasteiger partial charge in [-0.15, -0.1) is 0 Å². The number of carbonyl (C=O) groups excluding carboxylic acids is 2. The molecule has 1 aliphatic heterocycles. The van der Waals surface area contributed by atoms with Gasteiger partial charge >= 0.3 is 0 Å². The number of hydrogen-bond acceptors (Lipinski definition) is 4. The number of nitrogens with zero attached hydrogens (tertiary/aromatic N) is 1. The maximum atomic E-state index is 12.0. The summed E-state index contributed by atoms with van der Waals surface area (Å²) in [4.78, 5) is 27.3. The van der Waals surface area contributed by atoms with Crippen LogP contribution in [0.4, 0.5) is 5.82 Å². The fourth-order valence-electron chi connectivity index (χ4n) is 2.07. The van der Waals surface area contributed by atoms with Gasteiger partial charge in [0.2, 0.25) is 5.91 Å². The van der Waals surface area contributed by atoms with E-state index < -0.39 is 0 Å². The van der Waals surface area contributed by atoms with Crippen LogP contribution in [0.2, 0.25) is 0 Å². The molecule has 1 saturated heterocycles. The van der Waals surface area contributed by atoms with Gasteiger partial charge in [-0.05, 0) is 25.0 Å². The molecule has 1 unspecified atom stereocenters. The minimum atomic E-state index is -0.145. The molecule has 108 valence electrons. The molecule has 20 heavy (non-hydrogen) atoms. The van der Waals surface area contributed by atoms with Crippen molar-refractivity contribution in [3.63, 3.8) is 0 Å². The number of aromatic nitrogens is 1. The Morgan fingerprint density at radius 1 is 1.55 bits per heavy atom. The largest absolute Gasteiger partial charge is 0.370 e. The van der Waals surface area contributed by atoms with E-state index in [0.717, 1.165) is 19.4 Å². The van der Waals surface area contributed by atoms with Crippen LogP contribution in [0.15, 0.2) is 18.3 Å². The highest BCUT2D eigenvalue weighted by Crippen LogP contribution is 2.08. The molecule has 3 N–H and O–H groups in total. The molecule has 0 radical (unpaired) electrons. The van der Waals surface area contributed by atoms with Crippen molar-refractivity contribution in [1.82, 2.24) is 15.6 Å². The number of rotatable bonds is 6. The number of hydrogen-bond donors (Lipinski definition) is 3. The molecule has 6 nitrogen and oxygen atoms in total. The Labute approximate surface area is 118 Å². The van der Waals surface area contributed by atoms with Crippen LogP contribution >= 0.6 is 0 Å². The fourth-order valence-corrected chi connectivity index (χ4v) is 2.07. The van der Waals surface area contributed by atoms with Crippen molar-refractivity contribution in [3.05, 3.63) is 23.9 Å². The van der Waals surface area contributed by atoms with Crippen molar-refractivity contribution in [2.24, 2.45) is 0 Å². The molecule has 0 saturated carbocycles. The minimum absolute atomic E-state index is 0.0472. The van der Waals surface area contributed by atoms with Crippen LogP contribution in [-0.2, 0) is 4.79 Å². The number of carbonyl (C=O) groups is 2. The number of amides is 2. The lowest BCUT2D eigenvalue weighted by molar-refractivity contribution is -0.119. The molecule has 0 aromatic carbocycles. The number of pyridine rings is 1. The van der Waals surface area contributed by atoms with Gasteiger partial charge in [0.1, 0.15) is 5.82 Å². The molecule has 2 rings (SSSR count). The maximum Gasteiger partial charge on any atom is 0.251 e. The third-order valence-corrected chi connectivity index (χ3v) is 3.17. The molecule has 2 amide bonds. The van der Waals surface area contributed by atoms with Gasteiger partial charge < -0.3 is 16.0 Å². The average Bonchev–Trinajstić information content (AvgIpc) is 2.88. The summed E-state index contributed by atoms with van der Waals surface area (Å²) >= 11 is 0. The van der Waals surface area contributed by atoms with Crippen molar-refractivity contribution < 1.29 is 9.59 Å². The molecule has 0 spiro atoms. The predicted octanol–water partition coefficient (Wildman–Crippen LogP) is 0.912. The molecule has 1 aromatic heterocycles. The van der Waals surface area contributed by atoms with Gasteiger partial charge in [-0.1, -0.05) is 6.92 Å². The maximum absolute atomic E-state index is 12.0. The molecule has 1 aliphatic rings. The molecule has 0 aliphatic carbocycles. The van der Waals surface area contributed by atoms with Crippen molar-refractivity contribution in [1.29, 1.82) is 0 Å². The Hall–Kier alpha value is -2.11. The van der Waals surface area contributed by atoms with Crippen LogP contribution in [0.5, 0.6) is 0 Å². The SMILES string of the molecule is CCCNc1cc(C(=O)NCC2CCC(=O)N2)ccn1. The quantitative estimate of drug-likeness (QED) is 0.721. The van der Waals surface area contributed by atoms with Gasteiger partial charge in [-0.25, -0.2) is 4.98 Å². The highest BCUT2D eigenvalue weighted by Gasteiger charge is 2.21. The lowest BCUT2D eigenvalue weighted by Crippen LogP contribution is -2.38. The van der Waals surface area contributed by atoms with Gasteiger partial charge in [0.25, 0.3) is 5.91 Å². The van der Waals surface area contributed by atoms with E-state index in [4.69, 9.17) is 0 Å². The van der Waals surface area contributed by atoms with Gasteiger partial charge in [0.15, 0.2) is 0 Å². The lowest BCUT2D eigenvalue weighted by Gasteiger charge is -2.12. The topological polar surface area (TPSA) is 83.1 Å². The van der Waals surface area contributed by atoms with Gasteiger partial charge in [-0.3, -0.25) is 9.59 Å². The first-order valence-electron chi connectivity index (χ1n) is 6.96. The Bertz CT molecular complexity index is 490. The third kappa shape index (κ3) is 3.94. The summed E-state index contributed by atoms with van der Waals surface area (Å²) in [5, 5.41) is 8.80. The van der Waals surface area contributed by atoms with Crippen LogP contribution in [0.1, 0.15) is 36.5 Å². The van der Waals surface area contributed by atoms with Crippen LogP contribution in [0, 0.1) is 0 Å². The summed E-state index contributed by atoms with van der Waals surface area (Å²) in [5.74, 6) is 0.612. The molecule has 1 atom stereocenters. The Kier molecular flexibility index (Phi) is 4.92. The second-order valence-electron chi connectivity index (χ2n) is 4.87. The second-order valence-corrected chi connectivity index (χ2v) is 4.87. The smallest absolute Gasteiger partial charge is 0.251 e. The van der Waals surface area contributed by atoms with Crippen molar-refractivity contribution >= 4 is 17.6 Å². The van der Waals surface area contributed by atoms with Crippen LogP contribution < -0.4 is 16.0 Å². The molecule has 1 aromatic rings. The van der Waals surface area contributed by atoms with E-state index in [2.05, 4.69) is 27.9 Å². The van der Waals surface area contributed by atoms with Crippen LogP contribution in [0.3, 0.4) is 0 Å². The Morgan fingerprint density at radius 2 is 2.40 bits per heavy atom. The first-order valence-corrected chi connectivity index (χ1v) is 6.96. The minimum Gasteiger partial charge on any atom is -0.370 e. The van der Waals surface area contributed by atoms with Gasteiger partial charge in [0, 0.05) is 37.3 Å². The van der Waals surface area contributed by atoms with Crippen molar-refractivity contribution in [2.75, 3.05) is 18.4 Å². The van der Waals surface area contributed by atoms with E-state index >= 15 is 0 Å². The normalized spacial score (nSPS) is 17.6. The lowest BCUT2D eigenvalue weighted by atomic mass is 10.2. The van der Waals surface area contributed by atoms with E-state index in [1.807, 2.05) is 0 Å². The summed E-state index contributed by atoms with van der Waals surface area (Å²) in [6.45, 7) is 3.36. The van der Waals surface area contributed by atoms with Gasteiger partial charge in [0.05, 0.1) is 0 Å². The van der Waals surface area contributed by atoms with Gasteiger partial charge in [-0.2, -0.15) is 0 Å². The van der Waals surface area contributed by atoms with E-state index in [1.165, 1.54) is 0 Å². The van der Waals surface area contributed by atoms with Crippen molar-refractivity contribution in [3.8, 4) is 0 Å². The first kappa shape index (κ1) is 14.3. The molecular weight excluding hydrogens is 256 g/mol. The summed E-state index contributed by atoms with van der Waals surface area (Å²) in [7, 11) is 0. The predicted molar refractivity (Wildman–Crippen MR) is 76.5 cm³/mol. The summed E-state index contributed by atoms with van der Waals surface area (Å²) in [5.41, 5.74) is 0.572. The van der Waals surface area contributed by atoms with Crippen molar-refractivity contribution in [2.45, 2.75) is 32.2 Å². The standard InChI is InChI=1S/C14H20N4O2/c1-2-6-15-12-8-10(5-7-16-12)14(20)17-9-11-3-4-13(19)18-11/h5,7-8,11H,2-4,6,9H2,1H3,(H,15,16)(H,17,20)(H,18,19). The summed E-state index contributed by atoms with van der Waals surface area (Å²) < 4.78 is 0. The highest BCUT2D eigenvalue weighted by molar-refractivity contribution is 5.94. The molecule has 6 heteroatoms. The van der Waals surface area contributed by atoms with E-state index in [-0.39, 0.29) is 17.9 Å². The fraction of sp³-hybridized carbons (Fsp3) is 0.500. The van der Waals surface area contributed by atoms with E-state index in [0.29, 0.717) is 24.3 Å². The van der Waals surface area contributed by atoms with Crippen LogP contribution in [-0.4, -0.2) is 35.9 Å². The Balaban J connectivity index is 1.86. The number of nitrogens with one attached hydrogen (secondary N) is 3. The monoisotopic (exact) mass is 276 g/mol. The highest BCUT2D eigenvalue weighted by atomic mass is 16.2.